The van der Waals surface area contributed by atoms with E-state index >= 15 is 0 Å². The standard InChI is InChI=1S/C15H21N3OS/c1-9(19-3)8-16-14-13-11-6-4-5-7-12(11)20-15(13)18-10(2)17-14/h9H,4-8H2,1-3H3,(H,16,17,18). The Morgan fingerprint density at radius 1 is 1.30 bits per heavy atom. The first-order chi connectivity index (χ1) is 9.69. The second-order valence-corrected chi connectivity index (χ2v) is 6.52. The summed E-state index contributed by atoms with van der Waals surface area (Å²) in [5, 5.41) is 4.69. The number of rotatable bonds is 4. The quantitative estimate of drug-likeness (QED) is 0.938. The molecule has 20 heavy (non-hydrogen) atoms. The summed E-state index contributed by atoms with van der Waals surface area (Å²) in [6.07, 6.45) is 5.12. The minimum Gasteiger partial charge on any atom is -0.380 e. The van der Waals surface area contributed by atoms with Crippen LogP contribution < -0.4 is 5.32 Å². The number of hydrogen-bond acceptors (Lipinski definition) is 5. The van der Waals surface area contributed by atoms with Gasteiger partial charge >= 0.3 is 0 Å². The zero-order valence-corrected chi connectivity index (χ0v) is 13.1. The van der Waals surface area contributed by atoms with Crippen molar-refractivity contribution in [1.29, 1.82) is 0 Å². The number of nitrogens with zero attached hydrogens (tertiary/aromatic N) is 2. The predicted octanol–water partition coefficient (Wildman–Crippen LogP) is 3.33. The average molecular weight is 291 g/mol. The molecule has 3 rings (SSSR count). The molecule has 1 unspecified atom stereocenters. The Kier molecular flexibility index (Phi) is 3.89. The molecule has 1 atom stereocenters. The molecular formula is C15H21N3OS. The molecule has 1 N–H and O–H groups in total. The summed E-state index contributed by atoms with van der Waals surface area (Å²) in [5.74, 6) is 1.82. The number of aromatic nitrogens is 2. The summed E-state index contributed by atoms with van der Waals surface area (Å²) in [4.78, 5) is 11.9. The summed E-state index contributed by atoms with van der Waals surface area (Å²) < 4.78 is 5.31. The highest BCUT2D eigenvalue weighted by molar-refractivity contribution is 7.19. The van der Waals surface area contributed by atoms with Crippen LogP contribution in [-0.2, 0) is 17.6 Å². The van der Waals surface area contributed by atoms with Gasteiger partial charge < -0.3 is 10.1 Å². The summed E-state index contributed by atoms with van der Waals surface area (Å²) in [5.41, 5.74) is 1.48. The minimum absolute atomic E-state index is 0.176. The van der Waals surface area contributed by atoms with E-state index in [0.29, 0.717) is 0 Å². The van der Waals surface area contributed by atoms with Gasteiger partial charge in [-0.05, 0) is 45.1 Å². The van der Waals surface area contributed by atoms with Crippen molar-refractivity contribution in [2.24, 2.45) is 0 Å². The van der Waals surface area contributed by atoms with E-state index in [9.17, 15) is 0 Å². The number of ether oxygens (including phenoxy) is 1. The second-order valence-electron chi connectivity index (χ2n) is 5.44. The van der Waals surface area contributed by atoms with E-state index in [2.05, 4.69) is 22.2 Å². The van der Waals surface area contributed by atoms with Crippen molar-refractivity contribution in [2.45, 2.75) is 45.6 Å². The van der Waals surface area contributed by atoms with Crippen LogP contribution in [0, 0.1) is 6.92 Å². The molecule has 0 bridgehead atoms. The highest BCUT2D eigenvalue weighted by atomic mass is 32.1. The monoisotopic (exact) mass is 291 g/mol. The molecular weight excluding hydrogens is 270 g/mol. The second kappa shape index (κ2) is 5.66. The Morgan fingerprint density at radius 2 is 2.10 bits per heavy atom. The van der Waals surface area contributed by atoms with Gasteiger partial charge in [0.15, 0.2) is 0 Å². The number of methoxy groups -OCH3 is 1. The van der Waals surface area contributed by atoms with Crippen LogP contribution in [0.25, 0.3) is 10.2 Å². The molecule has 2 heterocycles. The average Bonchev–Trinajstić information content (AvgIpc) is 2.82. The first-order valence-corrected chi connectivity index (χ1v) is 8.06. The molecule has 1 aliphatic carbocycles. The Morgan fingerprint density at radius 3 is 2.90 bits per heavy atom. The van der Waals surface area contributed by atoms with Crippen LogP contribution in [0.15, 0.2) is 0 Å². The van der Waals surface area contributed by atoms with E-state index in [1.807, 2.05) is 18.3 Å². The maximum atomic E-state index is 5.31. The Labute approximate surface area is 123 Å². The van der Waals surface area contributed by atoms with E-state index in [-0.39, 0.29) is 6.10 Å². The molecule has 0 aromatic carbocycles. The number of thiophene rings is 1. The molecule has 0 fully saturated rings. The first kappa shape index (κ1) is 13.8. The van der Waals surface area contributed by atoms with Crippen molar-refractivity contribution in [3.63, 3.8) is 0 Å². The molecule has 2 aromatic rings. The lowest BCUT2D eigenvalue weighted by Crippen LogP contribution is -2.19. The van der Waals surface area contributed by atoms with Gasteiger partial charge in [0.05, 0.1) is 11.5 Å². The van der Waals surface area contributed by atoms with Crippen molar-refractivity contribution in [3.8, 4) is 0 Å². The van der Waals surface area contributed by atoms with Crippen LogP contribution in [0.3, 0.4) is 0 Å². The Hall–Kier alpha value is -1.20. The normalized spacial score (nSPS) is 16.1. The lowest BCUT2D eigenvalue weighted by atomic mass is 9.97. The minimum atomic E-state index is 0.176. The Balaban J connectivity index is 2.03. The molecule has 1 aliphatic rings. The van der Waals surface area contributed by atoms with Gasteiger partial charge in [0, 0.05) is 18.5 Å². The summed E-state index contributed by atoms with van der Waals surface area (Å²) in [7, 11) is 1.74. The highest BCUT2D eigenvalue weighted by Crippen LogP contribution is 2.38. The number of anilines is 1. The third-order valence-corrected chi connectivity index (χ3v) is 5.07. The van der Waals surface area contributed by atoms with Crippen LogP contribution in [0.5, 0.6) is 0 Å². The van der Waals surface area contributed by atoms with Gasteiger partial charge in [0.1, 0.15) is 16.5 Å². The van der Waals surface area contributed by atoms with Crippen LogP contribution in [0.4, 0.5) is 5.82 Å². The molecule has 0 spiro atoms. The summed E-state index contributed by atoms with van der Waals surface area (Å²) in [6, 6.07) is 0. The summed E-state index contributed by atoms with van der Waals surface area (Å²) in [6.45, 7) is 4.79. The maximum Gasteiger partial charge on any atom is 0.138 e. The van der Waals surface area contributed by atoms with Crippen molar-refractivity contribution >= 4 is 27.4 Å². The van der Waals surface area contributed by atoms with Gasteiger partial charge in [-0.1, -0.05) is 0 Å². The van der Waals surface area contributed by atoms with Gasteiger partial charge in [-0.15, -0.1) is 11.3 Å². The molecule has 0 amide bonds. The molecule has 0 radical (unpaired) electrons. The molecule has 5 heteroatoms. The molecule has 4 nitrogen and oxygen atoms in total. The van der Waals surface area contributed by atoms with E-state index < -0.39 is 0 Å². The van der Waals surface area contributed by atoms with Crippen LogP contribution in [0.2, 0.25) is 0 Å². The SMILES string of the molecule is COC(C)CNc1nc(C)nc2sc3c(c12)CCCC3. The Bertz CT molecular complexity index is 623. The molecule has 2 aromatic heterocycles. The zero-order valence-electron chi connectivity index (χ0n) is 12.3. The molecule has 0 aliphatic heterocycles. The molecule has 0 saturated heterocycles. The van der Waals surface area contributed by atoms with Gasteiger partial charge in [-0.3, -0.25) is 0 Å². The van der Waals surface area contributed by atoms with Crippen LogP contribution in [0.1, 0.15) is 36.0 Å². The van der Waals surface area contributed by atoms with Crippen molar-refractivity contribution in [1.82, 2.24) is 9.97 Å². The van der Waals surface area contributed by atoms with Gasteiger partial charge in [-0.25, -0.2) is 9.97 Å². The first-order valence-electron chi connectivity index (χ1n) is 7.24. The predicted molar refractivity (Wildman–Crippen MR) is 83.8 cm³/mol. The van der Waals surface area contributed by atoms with E-state index in [0.717, 1.165) is 29.4 Å². The smallest absolute Gasteiger partial charge is 0.138 e. The van der Waals surface area contributed by atoms with Crippen LogP contribution in [-0.4, -0.2) is 29.7 Å². The number of aryl methyl sites for hydroxylation is 3. The molecule has 108 valence electrons. The highest BCUT2D eigenvalue weighted by Gasteiger charge is 2.20. The van der Waals surface area contributed by atoms with Crippen molar-refractivity contribution in [3.05, 3.63) is 16.3 Å². The lowest BCUT2D eigenvalue weighted by Gasteiger charge is -2.14. The van der Waals surface area contributed by atoms with E-state index in [1.165, 1.54) is 35.1 Å². The third kappa shape index (κ3) is 2.52. The fourth-order valence-electron chi connectivity index (χ4n) is 2.72. The van der Waals surface area contributed by atoms with Crippen molar-refractivity contribution < 1.29 is 4.74 Å². The fourth-order valence-corrected chi connectivity index (χ4v) is 4.02. The third-order valence-electron chi connectivity index (χ3n) is 3.89. The van der Waals surface area contributed by atoms with E-state index in [4.69, 9.17) is 4.74 Å². The van der Waals surface area contributed by atoms with Gasteiger partial charge in [0.25, 0.3) is 0 Å². The zero-order chi connectivity index (χ0) is 14.1. The van der Waals surface area contributed by atoms with Gasteiger partial charge in [0.2, 0.25) is 0 Å². The van der Waals surface area contributed by atoms with Crippen molar-refractivity contribution in [2.75, 3.05) is 19.0 Å². The fraction of sp³-hybridized carbons (Fsp3) is 0.600. The number of hydrogen-bond donors (Lipinski definition) is 1. The number of fused-ring (bicyclic) bond motifs is 3. The van der Waals surface area contributed by atoms with E-state index in [1.54, 1.807) is 7.11 Å². The summed E-state index contributed by atoms with van der Waals surface area (Å²) >= 11 is 1.85. The maximum absolute atomic E-state index is 5.31. The number of nitrogens with one attached hydrogen (secondary N) is 1. The van der Waals surface area contributed by atoms with Gasteiger partial charge in [-0.2, -0.15) is 0 Å². The largest absolute Gasteiger partial charge is 0.380 e. The topological polar surface area (TPSA) is 47.0 Å². The lowest BCUT2D eigenvalue weighted by molar-refractivity contribution is 0.128. The molecule has 0 saturated carbocycles. The van der Waals surface area contributed by atoms with Crippen LogP contribution >= 0.6 is 11.3 Å².